The SMILES string of the molecule is CC(C)(C)OC(=O)n1c(NC2CCN(c3ccc(C(=O)NC(CC(=O)O)NC(=O)OCc4ccccc4)cc3)CC2)nc2ccccc21. The number of hydrogen-bond acceptors (Lipinski definition) is 9. The van der Waals surface area contributed by atoms with Crippen molar-refractivity contribution in [2.75, 3.05) is 23.3 Å². The second-order valence-corrected chi connectivity index (χ2v) is 12.5. The van der Waals surface area contributed by atoms with Gasteiger partial charge in [0.05, 0.1) is 17.5 Å². The van der Waals surface area contributed by atoms with E-state index in [9.17, 15) is 24.3 Å². The van der Waals surface area contributed by atoms with E-state index in [2.05, 4.69) is 25.8 Å². The number of alkyl carbamates (subject to hydrolysis) is 1. The highest BCUT2D eigenvalue weighted by Crippen LogP contribution is 2.26. The van der Waals surface area contributed by atoms with Crippen LogP contribution >= 0.6 is 0 Å². The molecule has 0 spiro atoms. The van der Waals surface area contributed by atoms with Gasteiger partial charge in [0.2, 0.25) is 5.95 Å². The third-order valence-electron chi connectivity index (χ3n) is 7.65. The fraction of sp³-hybridized carbons (Fsp3) is 0.343. The number of ether oxygens (including phenoxy) is 2. The number of hydrogen-bond donors (Lipinski definition) is 4. The summed E-state index contributed by atoms with van der Waals surface area (Å²) in [6.45, 7) is 6.93. The van der Waals surface area contributed by atoms with E-state index in [0.717, 1.165) is 37.2 Å². The van der Waals surface area contributed by atoms with E-state index in [0.29, 0.717) is 22.5 Å². The van der Waals surface area contributed by atoms with Gasteiger partial charge in [0.15, 0.2) is 0 Å². The zero-order chi connectivity index (χ0) is 34.3. The Bertz CT molecular complexity index is 1740. The summed E-state index contributed by atoms with van der Waals surface area (Å²) in [4.78, 5) is 56.6. The lowest BCUT2D eigenvalue weighted by Crippen LogP contribution is -2.49. The van der Waals surface area contributed by atoms with Gasteiger partial charge in [-0.15, -0.1) is 0 Å². The summed E-state index contributed by atoms with van der Waals surface area (Å²) in [7, 11) is 0. The van der Waals surface area contributed by atoms with E-state index in [-0.39, 0.29) is 12.6 Å². The average Bonchev–Trinajstić information content (AvgIpc) is 3.41. The predicted octanol–water partition coefficient (Wildman–Crippen LogP) is 5.36. The molecule has 4 aromatic rings. The summed E-state index contributed by atoms with van der Waals surface area (Å²) in [5.41, 5.74) is 2.71. The fourth-order valence-corrected chi connectivity index (χ4v) is 5.36. The molecule has 13 nitrogen and oxygen atoms in total. The Morgan fingerprint density at radius 2 is 1.58 bits per heavy atom. The molecule has 0 saturated carbocycles. The topological polar surface area (TPSA) is 164 Å². The molecule has 1 aliphatic heterocycles. The maximum Gasteiger partial charge on any atom is 0.421 e. The summed E-state index contributed by atoms with van der Waals surface area (Å²) < 4.78 is 12.3. The van der Waals surface area contributed by atoms with Crippen molar-refractivity contribution in [3.8, 4) is 0 Å². The quantitative estimate of drug-likeness (QED) is 0.163. The Morgan fingerprint density at radius 3 is 2.25 bits per heavy atom. The molecule has 1 fully saturated rings. The van der Waals surface area contributed by atoms with Crippen LogP contribution in [0.3, 0.4) is 0 Å². The standard InChI is InChI=1S/C35H40N6O7/c1-35(2,3)48-34(46)41-28-12-8-7-11-27(28)37-32(41)36-25-17-19-40(20-18-25)26-15-13-24(14-16-26)31(44)38-29(21-30(42)43)39-33(45)47-22-23-9-5-4-6-10-23/h4-16,25,29H,17-22H2,1-3H3,(H,36,37)(H,38,44)(H,39,45)(H,42,43). The van der Waals surface area contributed by atoms with E-state index < -0.39 is 42.3 Å². The van der Waals surface area contributed by atoms with Gasteiger partial charge < -0.3 is 35.4 Å². The number of benzene rings is 3. The fourth-order valence-electron chi connectivity index (χ4n) is 5.36. The highest BCUT2D eigenvalue weighted by atomic mass is 16.6. The van der Waals surface area contributed by atoms with E-state index >= 15 is 0 Å². The summed E-state index contributed by atoms with van der Waals surface area (Å²) in [5.74, 6) is -1.29. The lowest BCUT2D eigenvalue weighted by atomic mass is 10.0. The van der Waals surface area contributed by atoms with E-state index in [4.69, 9.17) is 9.47 Å². The van der Waals surface area contributed by atoms with E-state index in [1.807, 2.05) is 75.4 Å². The number of aliphatic carboxylic acids is 1. The van der Waals surface area contributed by atoms with Crippen molar-refractivity contribution >= 4 is 46.7 Å². The number of piperidine rings is 1. The number of aromatic nitrogens is 2. The number of fused-ring (bicyclic) bond motifs is 1. The Morgan fingerprint density at radius 1 is 0.917 bits per heavy atom. The molecule has 0 aliphatic carbocycles. The summed E-state index contributed by atoms with van der Waals surface area (Å²) in [6.07, 6.45) is -1.48. The largest absolute Gasteiger partial charge is 0.481 e. The number of carbonyl (C=O) groups excluding carboxylic acids is 3. The molecule has 0 radical (unpaired) electrons. The molecule has 1 saturated heterocycles. The van der Waals surface area contributed by atoms with Crippen molar-refractivity contribution < 1.29 is 33.8 Å². The summed E-state index contributed by atoms with van der Waals surface area (Å²) in [5, 5.41) is 17.7. The molecule has 2 amide bonds. The minimum Gasteiger partial charge on any atom is -0.481 e. The van der Waals surface area contributed by atoms with Gasteiger partial charge in [-0.2, -0.15) is 0 Å². The van der Waals surface area contributed by atoms with Crippen LogP contribution in [0.25, 0.3) is 11.0 Å². The van der Waals surface area contributed by atoms with Crippen LogP contribution in [-0.4, -0.2) is 69.6 Å². The molecule has 1 unspecified atom stereocenters. The number of carboxylic acid groups (broad SMARTS) is 1. The third-order valence-corrected chi connectivity index (χ3v) is 7.65. The number of para-hydroxylation sites is 2. The van der Waals surface area contributed by atoms with Crippen LogP contribution in [0.2, 0.25) is 0 Å². The van der Waals surface area contributed by atoms with Gasteiger partial charge >= 0.3 is 18.2 Å². The first-order valence-corrected chi connectivity index (χ1v) is 15.8. The molecule has 1 atom stereocenters. The van der Waals surface area contributed by atoms with Gasteiger partial charge in [0.25, 0.3) is 5.91 Å². The van der Waals surface area contributed by atoms with Crippen molar-refractivity contribution in [1.29, 1.82) is 0 Å². The first-order valence-electron chi connectivity index (χ1n) is 15.8. The second-order valence-electron chi connectivity index (χ2n) is 12.5. The number of amides is 2. The first kappa shape index (κ1) is 33.8. The lowest BCUT2D eigenvalue weighted by molar-refractivity contribution is -0.137. The predicted molar refractivity (Wildman–Crippen MR) is 180 cm³/mol. The molecule has 48 heavy (non-hydrogen) atoms. The van der Waals surface area contributed by atoms with Crippen molar-refractivity contribution in [2.45, 2.75) is 64.4 Å². The van der Waals surface area contributed by atoms with Crippen LogP contribution in [0.1, 0.15) is 56.0 Å². The van der Waals surface area contributed by atoms with Gasteiger partial charge in [-0.3, -0.25) is 9.59 Å². The van der Waals surface area contributed by atoms with Crippen LogP contribution < -0.4 is 20.9 Å². The lowest BCUT2D eigenvalue weighted by Gasteiger charge is -2.34. The molecule has 252 valence electrons. The monoisotopic (exact) mass is 656 g/mol. The minimum absolute atomic E-state index is 0.00270. The first-order chi connectivity index (χ1) is 22.9. The molecule has 2 heterocycles. The summed E-state index contributed by atoms with van der Waals surface area (Å²) >= 11 is 0. The molecule has 0 bridgehead atoms. The molecule has 13 heteroatoms. The van der Waals surface area contributed by atoms with Crippen LogP contribution in [0.4, 0.5) is 21.2 Å². The molecule has 1 aliphatic rings. The van der Waals surface area contributed by atoms with Crippen molar-refractivity contribution in [3.63, 3.8) is 0 Å². The van der Waals surface area contributed by atoms with Crippen LogP contribution in [0, 0.1) is 0 Å². The van der Waals surface area contributed by atoms with E-state index in [1.165, 1.54) is 4.57 Å². The molecule has 1 aromatic heterocycles. The Balaban J connectivity index is 1.15. The third kappa shape index (κ3) is 9.02. The number of nitrogens with one attached hydrogen (secondary N) is 3. The zero-order valence-electron chi connectivity index (χ0n) is 27.1. The Labute approximate surface area is 278 Å². The van der Waals surface area contributed by atoms with Gasteiger partial charge in [0.1, 0.15) is 18.4 Å². The van der Waals surface area contributed by atoms with Gasteiger partial charge in [-0.1, -0.05) is 42.5 Å². The number of anilines is 2. The maximum atomic E-state index is 13.1. The number of carbonyl (C=O) groups is 4. The number of nitrogens with zero attached hydrogens (tertiary/aromatic N) is 3. The van der Waals surface area contributed by atoms with Gasteiger partial charge in [0, 0.05) is 30.4 Å². The van der Waals surface area contributed by atoms with Crippen LogP contribution in [0.15, 0.2) is 78.9 Å². The molecule has 5 rings (SSSR count). The van der Waals surface area contributed by atoms with Crippen molar-refractivity contribution in [3.05, 3.63) is 90.0 Å². The Kier molecular flexibility index (Phi) is 10.5. The average molecular weight is 657 g/mol. The van der Waals surface area contributed by atoms with Crippen LogP contribution in [0.5, 0.6) is 0 Å². The summed E-state index contributed by atoms with van der Waals surface area (Å²) in [6, 6.07) is 23.5. The zero-order valence-corrected chi connectivity index (χ0v) is 27.1. The van der Waals surface area contributed by atoms with Crippen molar-refractivity contribution in [2.24, 2.45) is 0 Å². The molecule has 4 N–H and O–H groups in total. The molecular formula is C35H40N6O7. The van der Waals surface area contributed by atoms with Crippen molar-refractivity contribution in [1.82, 2.24) is 20.2 Å². The highest BCUT2D eigenvalue weighted by molar-refractivity contribution is 5.95. The van der Waals surface area contributed by atoms with Gasteiger partial charge in [-0.05, 0) is 75.6 Å². The minimum atomic E-state index is -1.20. The van der Waals surface area contributed by atoms with Crippen LogP contribution in [-0.2, 0) is 20.9 Å². The number of rotatable bonds is 10. The second kappa shape index (κ2) is 14.9. The highest BCUT2D eigenvalue weighted by Gasteiger charge is 2.27. The van der Waals surface area contributed by atoms with E-state index in [1.54, 1.807) is 24.3 Å². The number of imidazole rings is 1. The number of carboxylic acids is 1. The smallest absolute Gasteiger partial charge is 0.421 e. The molecule has 3 aromatic carbocycles. The maximum absolute atomic E-state index is 13.1. The normalized spacial score (nSPS) is 14.2. The molecular weight excluding hydrogens is 616 g/mol. The Hall–Kier alpha value is -5.59. The van der Waals surface area contributed by atoms with Gasteiger partial charge in [-0.25, -0.2) is 19.1 Å².